The summed E-state index contributed by atoms with van der Waals surface area (Å²) >= 11 is 0. The van der Waals surface area contributed by atoms with E-state index in [4.69, 9.17) is 4.74 Å². The Morgan fingerprint density at radius 2 is 2.00 bits per heavy atom. The second kappa shape index (κ2) is 7.95. The zero-order valence-electron chi connectivity index (χ0n) is 15.0. The Labute approximate surface area is 159 Å². The monoisotopic (exact) mass is 386 g/mol. The fourth-order valence-electron chi connectivity index (χ4n) is 2.42. The fraction of sp³-hybridized carbons (Fsp3) is 0.158. The zero-order chi connectivity index (χ0) is 20.3. The van der Waals surface area contributed by atoms with E-state index >= 15 is 0 Å². The van der Waals surface area contributed by atoms with E-state index in [2.05, 4.69) is 15.4 Å². The maximum atomic E-state index is 13.6. The van der Waals surface area contributed by atoms with Gasteiger partial charge in [0.2, 0.25) is 0 Å². The van der Waals surface area contributed by atoms with Gasteiger partial charge in [0.25, 0.3) is 5.91 Å². The van der Waals surface area contributed by atoms with Crippen LogP contribution in [-0.2, 0) is 9.53 Å². The summed E-state index contributed by atoms with van der Waals surface area (Å²) in [6.45, 7) is 3.00. The van der Waals surface area contributed by atoms with Gasteiger partial charge in [0.05, 0.1) is 17.6 Å². The van der Waals surface area contributed by atoms with Crippen molar-refractivity contribution in [3.63, 3.8) is 0 Å². The van der Waals surface area contributed by atoms with Gasteiger partial charge in [-0.15, -0.1) is 0 Å². The summed E-state index contributed by atoms with van der Waals surface area (Å²) in [4.78, 5) is 28.7. The Kier molecular flexibility index (Phi) is 5.44. The lowest BCUT2D eigenvalue weighted by molar-refractivity contribution is -0.123. The third-order valence-corrected chi connectivity index (χ3v) is 3.94. The molecular formula is C19H16F2N4O3. The number of carbonyl (C=O) groups is 2. The molecule has 0 bridgehead atoms. The normalized spacial score (nSPS) is 11.7. The first kappa shape index (κ1) is 19.2. The van der Waals surface area contributed by atoms with Gasteiger partial charge in [-0.05, 0) is 38.1 Å². The highest BCUT2D eigenvalue weighted by Crippen LogP contribution is 2.17. The van der Waals surface area contributed by atoms with Crippen LogP contribution >= 0.6 is 0 Å². The molecule has 3 aromatic rings. The van der Waals surface area contributed by atoms with Crippen LogP contribution in [0.4, 0.5) is 14.5 Å². The lowest BCUT2D eigenvalue weighted by Gasteiger charge is -2.14. The number of halogens is 2. The van der Waals surface area contributed by atoms with Crippen LogP contribution in [-0.4, -0.2) is 32.7 Å². The molecule has 0 radical (unpaired) electrons. The molecule has 0 spiro atoms. The molecule has 0 saturated carbocycles. The highest BCUT2D eigenvalue weighted by atomic mass is 19.1. The summed E-state index contributed by atoms with van der Waals surface area (Å²) in [7, 11) is 0. The van der Waals surface area contributed by atoms with Crippen molar-refractivity contribution in [2.24, 2.45) is 0 Å². The van der Waals surface area contributed by atoms with Crippen molar-refractivity contribution in [1.82, 2.24) is 14.8 Å². The van der Waals surface area contributed by atoms with Crippen molar-refractivity contribution in [2.45, 2.75) is 20.0 Å². The highest BCUT2D eigenvalue weighted by Gasteiger charge is 2.23. The first-order chi connectivity index (χ1) is 13.4. The number of carbonyl (C=O) groups excluding carboxylic acids is 2. The molecule has 2 heterocycles. The molecule has 2 aromatic heterocycles. The van der Waals surface area contributed by atoms with Crippen LogP contribution in [0.5, 0.6) is 0 Å². The molecule has 0 aliphatic carbocycles. The number of esters is 1. The molecule has 1 amide bonds. The van der Waals surface area contributed by atoms with Gasteiger partial charge in [0.15, 0.2) is 11.9 Å². The third kappa shape index (κ3) is 4.03. The molecule has 7 nitrogen and oxygen atoms in total. The van der Waals surface area contributed by atoms with E-state index in [0.717, 1.165) is 12.1 Å². The number of hydrogen-bond acceptors (Lipinski definition) is 5. The molecular weight excluding hydrogens is 370 g/mol. The smallest absolute Gasteiger partial charge is 0.342 e. The van der Waals surface area contributed by atoms with Crippen molar-refractivity contribution in [3.8, 4) is 5.82 Å². The quantitative estimate of drug-likeness (QED) is 0.681. The minimum atomic E-state index is -1.21. The predicted molar refractivity (Wildman–Crippen MR) is 96.0 cm³/mol. The number of ether oxygens (including phenoxy) is 1. The van der Waals surface area contributed by atoms with Gasteiger partial charge in [0.1, 0.15) is 17.2 Å². The lowest BCUT2D eigenvalue weighted by Crippen LogP contribution is -2.30. The third-order valence-electron chi connectivity index (χ3n) is 3.94. The van der Waals surface area contributed by atoms with Crippen molar-refractivity contribution < 1.29 is 23.1 Å². The molecule has 0 saturated heterocycles. The average Bonchev–Trinajstić information content (AvgIpc) is 3.06. The highest BCUT2D eigenvalue weighted by molar-refractivity contribution is 5.97. The predicted octanol–water partition coefficient (Wildman–Crippen LogP) is 3.04. The van der Waals surface area contributed by atoms with E-state index in [1.807, 2.05) is 0 Å². The van der Waals surface area contributed by atoms with E-state index in [0.29, 0.717) is 17.6 Å². The molecule has 0 aliphatic rings. The standard InChI is InChI=1S/C19H16F2N4O3/c1-11-14(10-23-25(11)17-5-3-4-8-22-17)19(27)28-12(2)18(26)24-16-7-6-13(20)9-15(16)21/h3-10,12H,1-2H3,(H,24,26). The summed E-state index contributed by atoms with van der Waals surface area (Å²) in [6.07, 6.45) is 1.70. The number of hydrogen-bond donors (Lipinski definition) is 1. The van der Waals surface area contributed by atoms with Gasteiger partial charge in [-0.1, -0.05) is 6.07 Å². The van der Waals surface area contributed by atoms with E-state index in [9.17, 15) is 18.4 Å². The second-order valence-corrected chi connectivity index (χ2v) is 5.90. The SMILES string of the molecule is Cc1c(C(=O)OC(C)C(=O)Nc2ccc(F)cc2F)cnn1-c1ccccn1. The number of anilines is 1. The van der Waals surface area contributed by atoms with Crippen molar-refractivity contribution in [1.29, 1.82) is 0 Å². The van der Waals surface area contributed by atoms with Crippen LogP contribution in [0.3, 0.4) is 0 Å². The Bertz CT molecular complexity index is 1020. The van der Waals surface area contributed by atoms with Crippen molar-refractivity contribution in [3.05, 3.63) is 71.7 Å². The van der Waals surface area contributed by atoms with Crippen molar-refractivity contribution in [2.75, 3.05) is 5.32 Å². The summed E-state index contributed by atoms with van der Waals surface area (Å²) in [5.74, 6) is -2.69. The molecule has 1 N–H and O–H groups in total. The topological polar surface area (TPSA) is 86.1 Å². The molecule has 1 atom stereocenters. The van der Waals surface area contributed by atoms with Gasteiger partial charge in [-0.3, -0.25) is 4.79 Å². The van der Waals surface area contributed by atoms with E-state index in [-0.39, 0.29) is 11.3 Å². The summed E-state index contributed by atoms with van der Waals surface area (Å²) in [5, 5.41) is 6.37. The van der Waals surface area contributed by atoms with Gasteiger partial charge in [-0.25, -0.2) is 23.2 Å². The number of pyridine rings is 1. The van der Waals surface area contributed by atoms with Crippen molar-refractivity contribution >= 4 is 17.6 Å². The van der Waals surface area contributed by atoms with Crippen LogP contribution < -0.4 is 5.32 Å². The van der Waals surface area contributed by atoms with Crippen LogP contribution in [0.2, 0.25) is 0 Å². The molecule has 3 rings (SSSR count). The van der Waals surface area contributed by atoms with Crippen LogP contribution in [0.1, 0.15) is 23.0 Å². The molecule has 1 aromatic carbocycles. The number of amides is 1. The summed E-state index contributed by atoms with van der Waals surface area (Å²) < 4.78 is 33.2. The lowest BCUT2D eigenvalue weighted by atomic mass is 10.2. The van der Waals surface area contributed by atoms with Gasteiger partial charge in [0, 0.05) is 12.3 Å². The minimum absolute atomic E-state index is 0.165. The Morgan fingerprint density at radius 3 is 2.68 bits per heavy atom. The maximum Gasteiger partial charge on any atom is 0.342 e. The fourth-order valence-corrected chi connectivity index (χ4v) is 2.42. The molecule has 0 aliphatic heterocycles. The first-order valence-electron chi connectivity index (χ1n) is 8.29. The maximum absolute atomic E-state index is 13.6. The number of benzene rings is 1. The Hall–Kier alpha value is -3.62. The van der Waals surface area contributed by atoms with Gasteiger partial charge in [-0.2, -0.15) is 5.10 Å². The molecule has 1 unspecified atom stereocenters. The number of aromatic nitrogens is 3. The Balaban J connectivity index is 1.69. The van der Waals surface area contributed by atoms with Crippen LogP contribution in [0.15, 0.2) is 48.8 Å². The summed E-state index contributed by atoms with van der Waals surface area (Å²) in [6, 6.07) is 7.98. The largest absolute Gasteiger partial charge is 0.449 e. The zero-order valence-corrected chi connectivity index (χ0v) is 15.0. The first-order valence-corrected chi connectivity index (χ1v) is 8.29. The Morgan fingerprint density at radius 1 is 1.21 bits per heavy atom. The van der Waals surface area contributed by atoms with Crippen LogP contribution in [0, 0.1) is 18.6 Å². The van der Waals surface area contributed by atoms with Gasteiger partial charge < -0.3 is 10.1 Å². The van der Waals surface area contributed by atoms with Crippen LogP contribution in [0.25, 0.3) is 5.82 Å². The molecule has 144 valence electrons. The average molecular weight is 386 g/mol. The number of nitrogens with zero attached hydrogens (tertiary/aromatic N) is 3. The molecule has 28 heavy (non-hydrogen) atoms. The number of rotatable bonds is 5. The molecule has 9 heteroatoms. The summed E-state index contributed by atoms with van der Waals surface area (Å²) in [5.41, 5.74) is 0.438. The van der Waals surface area contributed by atoms with E-state index < -0.39 is 29.6 Å². The second-order valence-electron chi connectivity index (χ2n) is 5.90. The van der Waals surface area contributed by atoms with Gasteiger partial charge >= 0.3 is 5.97 Å². The number of nitrogens with one attached hydrogen (secondary N) is 1. The van der Waals surface area contributed by atoms with E-state index in [1.165, 1.54) is 17.8 Å². The molecule has 0 fully saturated rings. The minimum Gasteiger partial charge on any atom is -0.449 e. The van der Waals surface area contributed by atoms with E-state index in [1.54, 1.807) is 31.3 Å².